The first kappa shape index (κ1) is 19.6. The molecule has 0 radical (unpaired) electrons. The van der Waals surface area contributed by atoms with Gasteiger partial charge in [-0.3, -0.25) is 4.99 Å². The maximum Gasteiger partial charge on any atom is 0.191 e. The maximum atomic E-state index is 4.72. The third kappa shape index (κ3) is 7.34. The van der Waals surface area contributed by atoms with Gasteiger partial charge in [0, 0.05) is 43.4 Å². The highest BCUT2D eigenvalue weighted by Crippen LogP contribution is 2.19. The van der Waals surface area contributed by atoms with Crippen molar-refractivity contribution < 1.29 is 0 Å². The fraction of sp³-hybridized carbons (Fsp3) is 0.650. The molecular weight excluding hydrogens is 310 g/mol. The third-order valence-electron chi connectivity index (χ3n) is 4.26. The minimum Gasteiger partial charge on any atom is -0.369 e. The second-order valence-corrected chi connectivity index (χ2v) is 7.70. The van der Waals surface area contributed by atoms with Gasteiger partial charge in [0.25, 0.3) is 0 Å². The van der Waals surface area contributed by atoms with Gasteiger partial charge < -0.3 is 20.9 Å². The number of piperidine rings is 1. The Hall–Kier alpha value is -1.75. The number of nitrogens with zero attached hydrogens (tertiary/aromatic N) is 2. The number of hydrogen-bond donors (Lipinski definition) is 3. The summed E-state index contributed by atoms with van der Waals surface area (Å²) in [5.41, 5.74) is 1.45. The van der Waals surface area contributed by atoms with E-state index >= 15 is 0 Å². The summed E-state index contributed by atoms with van der Waals surface area (Å²) in [7, 11) is 0. The van der Waals surface area contributed by atoms with Crippen LogP contribution in [0.3, 0.4) is 0 Å². The van der Waals surface area contributed by atoms with Crippen LogP contribution in [0.15, 0.2) is 35.3 Å². The molecule has 3 N–H and O–H groups in total. The molecule has 0 amide bonds. The van der Waals surface area contributed by atoms with Crippen LogP contribution >= 0.6 is 0 Å². The molecule has 5 nitrogen and oxygen atoms in total. The van der Waals surface area contributed by atoms with Gasteiger partial charge in [0.05, 0.1) is 6.54 Å². The van der Waals surface area contributed by atoms with Crippen molar-refractivity contribution in [3.05, 3.63) is 30.3 Å². The monoisotopic (exact) mass is 345 g/mol. The summed E-state index contributed by atoms with van der Waals surface area (Å²) in [4.78, 5) is 7.19. The van der Waals surface area contributed by atoms with E-state index in [2.05, 4.69) is 78.9 Å². The lowest BCUT2D eigenvalue weighted by atomic mass is 10.1. The molecule has 0 saturated carbocycles. The molecule has 0 spiro atoms. The minimum absolute atomic E-state index is 0.140. The van der Waals surface area contributed by atoms with Crippen molar-refractivity contribution in [3.63, 3.8) is 0 Å². The molecule has 25 heavy (non-hydrogen) atoms. The van der Waals surface area contributed by atoms with Gasteiger partial charge in [0.2, 0.25) is 0 Å². The zero-order valence-electron chi connectivity index (χ0n) is 16.3. The molecule has 1 aliphatic rings. The lowest BCUT2D eigenvalue weighted by Gasteiger charge is -2.35. The van der Waals surface area contributed by atoms with Gasteiger partial charge in [-0.2, -0.15) is 0 Å². The molecule has 140 valence electrons. The normalized spacial score (nSPS) is 19.0. The van der Waals surface area contributed by atoms with Crippen LogP contribution in [0.2, 0.25) is 0 Å². The van der Waals surface area contributed by atoms with E-state index < -0.39 is 0 Å². The Balaban J connectivity index is 1.87. The quantitative estimate of drug-likeness (QED) is 0.421. The van der Waals surface area contributed by atoms with Crippen molar-refractivity contribution in [1.82, 2.24) is 16.0 Å². The molecule has 1 aliphatic heterocycles. The second kappa shape index (κ2) is 9.66. The Kier molecular flexibility index (Phi) is 7.56. The van der Waals surface area contributed by atoms with Crippen LogP contribution in [0, 0.1) is 0 Å². The van der Waals surface area contributed by atoms with Crippen molar-refractivity contribution in [2.75, 3.05) is 37.6 Å². The summed E-state index contributed by atoms with van der Waals surface area (Å²) in [6.45, 7) is 13.4. The fourth-order valence-corrected chi connectivity index (χ4v) is 3.08. The van der Waals surface area contributed by atoms with E-state index in [-0.39, 0.29) is 5.54 Å². The van der Waals surface area contributed by atoms with Gasteiger partial charge >= 0.3 is 0 Å². The summed E-state index contributed by atoms with van der Waals surface area (Å²) in [6, 6.07) is 11.1. The van der Waals surface area contributed by atoms with E-state index in [1.165, 1.54) is 18.5 Å². The van der Waals surface area contributed by atoms with Crippen LogP contribution in [-0.4, -0.2) is 50.3 Å². The highest BCUT2D eigenvalue weighted by molar-refractivity contribution is 5.80. The summed E-state index contributed by atoms with van der Waals surface area (Å²) >= 11 is 0. The number of aliphatic imine (C=N–C) groups is 1. The Labute approximate surface area is 153 Å². The number of nitrogens with one attached hydrogen (secondary N) is 3. The molecule has 0 bridgehead atoms. The van der Waals surface area contributed by atoms with Crippen LogP contribution in [0.1, 0.15) is 40.5 Å². The number of benzene rings is 1. The van der Waals surface area contributed by atoms with Crippen LogP contribution < -0.4 is 20.9 Å². The molecule has 0 aliphatic carbocycles. The van der Waals surface area contributed by atoms with Gasteiger partial charge in [0.15, 0.2) is 5.96 Å². The van der Waals surface area contributed by atoms with Crippen molar-refractivity contribution in [3.8, 4) is 0 Å². The van der Waals surface area contributed by atoms with E-state index in [0.717, 1.165) is 38.7 Å². The van der Waals surface area contributed by atoms with Crippen molar-refractivity contribution in [2.24, 2.45) is 4.99 Å². The van der Waals surface area contributed by atoms with E-state index in [1.54, 1.807) is 0 Å². The van der Waals surface area contributed by atoms with Gasteiger partial charge in [-0.05, 0) is 52.7 Å². The standard InChI is InChI=1S/C20H35N5/c1-5-21-19(22-13-14-23-20(2,3)4)24-17-10-9-15-25(16-17)18-11-7-6-8-12-18/h6-8,11-12,17,23H,5,9-10,13-16H2,1-4H3,(H2,21,22,24). The van der Waals surface area contributed by atoms with E-state index in [0.29, 0.717) is 6.04 Å². The summed E-state index contributed by atoms with van der Waals surface area (Å²) in [5.74, 6) is 0.929. The molecule has 1 saturated heterocycles. The minimum atomic E-state index is 0.140. The molecule has 1 fully saturated rings. The highest BCUT2D eigenvalue weighted by atomic mass is 15.2. The largest absolute Gasteiger partial charge is 0.369 e. The Morgan fingerprint density at radius 3 is 2.68 bits per heavy atom. The molecule has 1 unspecified atom stereocenters. The highest BCUT2D eigenvalue weighted by Gasteiger charge is 2.20. The van der Waals surface area contributed by atoms with E-state index in [4.69, 9.17) is 4.99 Å². The molecule has 1 aromatic rings. The molecule has 2 rings (SSSR count). The third-order valence-corrected chi connectivity index (χ3v) is 4.26. The Bertz CT molecular complexity index is 521. The van der Waals surface area contributed by atoms with Gasteiger partial charge in [0.1, 0.15) is 0 Å². The number of para-hydroxylation sites is 1. The Morgan fingerprint density at radius 2 is 2.00 bits per heavy atom. The zero-order chi connectivity index (χ0) is 18.1. The van der Waals surface area contributed by atoms with Crippen LogP contribution in [0.25, 0.3) is 0 Å². The van der Waals surface area contributed by atoms with E-state index in [1.807, 2.05) is 0 Å². The maximum absolute atomic E-state index is 4.72. The first-order valence-corrected chi connectivity index (χ1v) is 9.58. The van der Waals surface area contributed by atoms with E-state index in [9.17, 15) is 0 Å². The van der Waals surface area contributed by atoms with Crippen molar-refractivity contribution in [1.29, 1.82) is 0 Å². The molecule has 5 heteroatoms. The van der Waals surface area contributed by atoms with Crippen LogP contribution in [-0.2, 0) is 0 Å². The second-order valence-electron chi connectivity index (χ2n) is 7.70. The molecule has 1 aromatic carbocycles. The molecule has 0 aromatic heterocycles. The summed E-state index contributed by atoms with van der Waals surface area (Å²) < 4.78 is 0. The first-order chi connectivity index (χ1) is 12.0. The number of hydrogen-bond acceptors (Lipinski definition) is 3. The van der Waals surface area contributed by atoms with Gasteiger partial charge in [-0.1, -0.05) is 18.2 Å². The SMILES string of the molecule is CCNC(=NCCNC(C)(C)C)NC1CCCN(c2ccccc2)C1. The lowest BCUT2D eigenvalue weighted by molar-refractivity contribution is 0.431. The first-order valence-electron chi connectivity index (χ1n) is 9.58. The summed E-state index contributed by atoms with van der Waals surface area (Å²) in [5, 5.41) is 10.5. The number of rotatable bonds is 6. The number of anilines is 1. The molecule has 1 atom stereocenters. The topological polar surface area (TPSA) is 51.7 Å². The lowest BCUT2D eigenvalue weighted by Crippen LogP contribution is -2.51. The van der Waals surface area contributed by atoms with Crippen LogP contribution in [0.4, 0.5) is 5.69 Å². The Morgan fingerprint density at radius 1 is 1.24 bits per heavy atom. The summed E-state index contributed by atoms with van der Waals surface area (Å²) in [6.07, 6.45) is 2.39. The van der Waals surface area contributed by atoms with Gasteiger partial charge in [-0.15, -0.1) is 0 Å². The molecule has 1 heterocycles. The zero-order valence-corrected chi connectivity index (χ0v) is 16.3. The van der Waals surface area contributed by atoms with Crippen molar-refractivity contribution >= 4 is 11.6 Å². The predicted octanol–water partition coefficient (Wildman–Crippen LogP) is 2.60. The number of guanidine groups is 1. The average Bonchev–Trinajstić information content (AvgIpc) is 2.59. The van der Waals surface area contributed by atoms with Crippen LogP contribution in [0.5, 0.6) is 0 Å². The van der Waals surface area contributed by atoms with Gasteiger partial charge in [-0.25, -0.2) is 0 Å². The molecular formula is C20H35N5. The smallest absolute Gasteiger partial charge is 0.191 e. The average molecular weight is 346 g/mol. The van der Waals surface area contributed by atoms with Crippen molar-refractivity contribution in [2.45, 2.75) is 52.1 Å². The fourth-order valence-electron chi connectivity index (χ4n) is 3.08. The predicted molar refractivity (Wildman–Crippen MR) is 109 cm³/mol.